The molecule has 0 aliphatic carbocycles. The molecular formula is C7H8N2OS. The summed E-state index contributed by atoms with van der Waals surface area (Å²) in [5.41, 5.74) is 6.68. The Morgan fingerprint density at radius 3 is 3.18 bits per heavy atom. The number of thiophene rings is 1. The highest BCUT2D eigenvalue weighted by Crippen LogP contribution is 2.38. The third kappa shape index (κ3) is 0.793. The molecule has 0 bridgehead atoms. The topological polar surface area (TPSA) is 51.0 Å². The molecule has 2 aromatic rings. The van der Waals surface area contributed by atoms with Crippen LogP contribution in [0.25, 0.3) is 10.2 Å². The van der Waals surface area contributed by atoms with Crippen LogP contribution in [0.4, 0.5) is 5.00 Å². The van der Waals surface area contributed by atoms with Gasteiger partial charge < -0.3 is 15.5 Å². The van der Waals surface area contributed by atoms with Crippen LogP contribution in [0, 0.1) is 0 Å². The summed E-state index contributed by atoms with van der Waals surface area (Å²) in [7, 11) is 1.62. The molecule has 0 amide bonds. The average Bonchev–Trinajstić information content (AvgIpc) is 2.46. The van der Waals surface area contributed by atoms with Crippen LogP contribution in [0.15, 0.2) is 12.3 Å². The molecule has 0 fully saturated rings. The Hall–Kier alpha value is -1.16. The second-order valence-electron chi connectivity index (χ2n) is 2.22. The van der Waals surface area contributed by atoms with Crippen molar-refractivity contribution < 1.29 is 4.74 Å². The number of fused-ring (bicyclic) bond motifs is 1. The summed E-state index contributed by atoms with van der Waals surface area (Å²) in [4.78, 5) is 3.07. The Bertz CT molecular complexity index is 377. The Balaban J connectivity index is 2.80. The zero-order chi connectivity index (χ0) is 7.84. The number of aromatic nitrogens is 1. The summed E-state index contributed by atoms with van der Waals surface area (Å²) in [5, 5.41) is 0.731. The van der Waals surface area contributed by atoms with Crippen LogP contribution in [-0.2, 0) is 0 Å². The molecule has 11 heavy (non-hydrogen) atoms. The molecule has 2 heterocycles. The molecule has 0 spiro atoms. The summed E-state index contributed by atoms with van der Waals surface area (Å²) in [6.45, 7) is 0. The standard InChI is InChI=1S/C7H8N2OS/c1-10-6-5-4(2-3-9-5)11-7(6)8/h2-3,9H,8H2,1H3. The van der Waals surface area contributed by atoms with E-state index in [1.165, 1.54) is 11.3 Å². The van der Waals surface area contributed by atoms with E-state index < -0.39 is 0 Å². The minimum Gasteiger partial charge on any atom is -0.492 e. The molecular weight excluding hydrogens is 160 g/mol. The van der Waals surface area contributed by atoms with Crippen LogP contribution in [0.5, 0.6) is 5.75 Å². The van der Waals surface area contributed by atoms with E-state index in [0.29, 0.717) is 0 Å². The van der Waals surface area contributed by atoms with Gasteiger partial charge in [0.15, 0.2) is 5.75 Å². The number of anilines is 1. The van der Waals surface area contributed by atoms with Crippen molar-refractivity contribution in [1.29, 1.82) is 0 Å². The van der Waals surface area contributed by atoms with Crippen molar-refractivity contribution in [2.75, 3.05) is 12.8 Å². The molecule has 2 rings (SSSR count). The van der Waals surface area contributed by atoms with Gasteiger partial charge in [-0.2, -0.15) is 0 Å². The number of nitrogen functional groups attached to an aromatic ring is 1. The molecule has 0 saturated heterocycles. The lowest BCUT2D eigenvalue weighted by molar-refractivity contribution is 0.422. The molecule has 58 valence electrons. The van der Waals surface area contributed by atoms with Gasteiger partial charge in [0, 0.05) is 6.20 Å². The summed E-state index contributed by atoms with van der Waals surface area (Å²) in [6, 6.07) is 1.98. The Morgan fingerprint density at radius 2 is 2.45 bits per heavy atom. The Morgan fingerprint density at radius 1 is 1.64 bits per heavy atom. The molecule has 4 heteroatoms. The van der Waals surface area contributed by atoms with E-state index in [-0.39, 0.29) is 0 Å². The highest BCUT2D eigenvalue weighted by Gasteiger charge is 2.09. The first kappa shape index (κ1) is 6.54. The Kier molecular flexibility index (Phi) is 1.29. The van der Waals surface area contributed by atoms with Crippen LogP contribution in [0.3, 0.4) is 0 Å². The van der Waals surface area contributed by atoms with Gasteiger partial charge in [0.2, 0.25) is 0 Å². The highest BCUT2D eigenvalue weighted by atomic mass is 32.1. The summed E-state index contributed by atoms with van der Waals surface area (Å²) in [5.74, 6) is 0.759. The second-order valence-corrected chi connectivity index (χ2v) is 3.30. The first-order valence-corrected chi connectivity index (χ1v) is 4.04. The van der Waals surface area contributed by atoms with Crippen molar-refractivity contribution in [3.05, 3.63) is 12.3 Å². The van der Waals surface area contributed by atoms with Crippen molar-refractivity contribution in [2.45, 2.75) is 0 Å². The number of hydrogen-bond acceptors (Lipinski definition) is 3. The first-order chi connectivity index (χ1) is 5.33. The summed E-state index contributed by atoms with van der Waals surface area (Å²) in [6.07, 6.45) is 1.88. The smallest absolute Gasteiger partial charge is 0.177 e. The van der Waals surface area contributed by atoms with Gasteiger partial charge in [-0.1, -0.05) is 0 Å². The number of aromatic amines is 1. The van der Waals surface area contributed by atoms with E-state index in [1.807, 2.05) is 12.3 Å². The van der Waals surface area contributed by atoms with E-state index in [4.69, 9.17) is 10.5 Å². The molecule has 2 aromatic heterocycles. The maximum Gasteiger partial charge on any atom is 0.177 e. The number of methoxy groups -OCH3 is 1. The van der Waals surface area contributed by atoms with Gasteiger partial charge in [-0.15, -0.1) is 11.3 Å². The van der Waals surface area contributed by atoms with E-state index in [0.717, 1.165) is 21.0 Å². The van der Waals surface area contributed by atoms with Crippen molar-refractivity contribution in [1.82, 2.24) is 4.98 Å². The summed E-state index contributed by atoms with van der Waals surface area (Å²) < 4.78 is 6.25. The minimum absolute atomic E-state index is 0.731. The second kappa shape index (κ2) is 2.17. The maximum atomic E-state index is 5.68. The molecule has 3 N–H and O–H groups in total. The zero-order valence-corrected chi connectivity index (χ0v) is 6.87. The predicted molar refractivity (Wildman–Crippen MR) is 47.1 cm³/mol. The maximum absolute atomic E-state index is 5.68. The number of nitrogens with two attached hydrogens (primary N) is 1. The molecule has 3 nitrogen and oxygen atoms in total. The van der Waals surface area contributed by atoms with E-state index >= 15 is 0 Å². The van der Waals surface area contributed by atoms with Gasteiger partial charge in [0.05, 0.1) is 11.8 Å². The van der Waals surface area contributed by atoms with E-state index in [2.05, 4.69) is 4.98 Å². The average molecular weight is 168 g/mol. The van der Waals surface area contributed by atoms with Crippen LogP contribution >= 0.6 is 11.3 Å². The van der Waals surface area contributed by atoms with Gasteiger partial charge in [-0.3, -0.25) is 0 Å². The Labute approximate surface area is 67.8 Å². The molecule has 0 radical (unpaired) electrons. The van der Waals surface area contributed by atoms with Gasteiger partial charge in [-0.05, 0) is 6.07 Å². The number of ether oxygens (including phenoxy) is 1. The zero-order valence-electron chi connectivity index (χ0n) is 6.05. The highest BCUT2D eigenvalue weighted by molar-refractivity contribution is 7.23. The van der Waals surface area contributed by atoms with Crippen molar-refractivity contribution >= 4 is 26.6 Å². The monoisotopic (exact) mass is 168 g/mol. The lowest BCUT2D eigenvalue weighted by atomic mass is 10.4. The number of H-pyrrole nitrogens is 1. The van der Waals surface area contributed by atoms with Crippen LogP contribution < -0.4 is 10.5 Å². The third-order valence-electron chi connectivity index (χ3n) is 1.58. The van der Waals surface area contributed by atoms with Gasteiger partial charge in [0.1, 0.15) is 10.5 Å². The molecule has 0 unspecified atom stereocenters. The molecule has 0 atom stereocenters. The van der Waals surface area contributed by atoms with E-state index in [9.17, 15) is 0 Å². The third-order valence-corrected chi connectivity index (χ3v) is 2.55. The normalized spacial score (nSPS) is 10.6. The first-order valence-electron chi connectivity index (χ1n) is 3.22. The van der Waals surface area contributed by atoms with Gasteiger partial charge in [0.25, 0.3) is 0 Å². The van der Waals surface area contributed by atoms with Crippen molar-refractivity contribution in [2.24, 2.45) is 0 Å². The molecule has 0 aromatic carbocycles. The predicted octanol–water partition coefficient (Wildman–Crippen LogP) is 1.82. The van der Waals surface area contributed by atoms with Crippen LogP contribution in [0.2, 0.25) is 0 Å². The lowest BCUT2D eigenvalue weighted by Crippen LogP contribution is -1.86. The quantitative estimate of drug-likeness (QED) is 0.682. The largest absolute Gasteiger partial charge is 0.492 e. The van der Waals surface area contributed by atoms with Crippen LogP contribution in [0.1, 0.15) is 0 Å². The van der Waals surface area contributed by atoms with Crippen molar-refractivity contribution in [3.8, 4) is 5.75 Å². The molecule has 0 aliphatic heterocycles. The number of rotatable bonds is 1. The molecule has 0 saturated carbocycles. The summed E-state index contributed by atoms with van der Waals surface area (Å²) >= 11 is 1.53. The fourth-order valence-electron chi connectivity index (χ4n) is 1.11. The number of nitrogens with one attached hydrogen (secondary N) is 1. The van der Waals surface area contributed by atoms with Crippen molar-refractivity contribution in [3.63, 3.8) is 0 Å². The fraction of sp³-hybridized carbons (Fsp3) is 0.143. The fourth-order valence-corrected chi connectivity index (χ4v) is 2.01. The molecule has 0 aliphatic rings. The van der Waals surface area contributed by atoms with Gasteiger partial charge >= 0.3 is 0 Å². The minimum atomic E-state index is 0.731. The number of hydrogen-bond donors (Lipinski definition) is 2. The van der Waals surface area contributed by atoms with E-state index in [1.54, 1.807) is 7.11 Å². The van der Waals surface area contributed by atoms with Gasteiger partial charge in [-0.25, -0.2) is 0 Å². The van der Waals surface area contributed by atoms with Crippen LogP contribution in [-0.4, -0.2) is 12.1 Å². The SMILES string of the molecule is COc1c(N)sc2cc[nH]c12. The lowest BCUT2D eigenvalue weighted by Gasteiger charge is -1.95.